The highest BCUT2D eigenvalue weighted by Gasteiger charge is 2.38. The quantitative estimate of drug-likeness (QED) is 0.810. The second-order valence-corrected chi connectivity index (χ2v) is 7.61. The van der Waals surface area contributed by atoms with Crippen LogP contribution in [0.25, 0.3) is 0 Å². The minimum absolute atomic E-state index is 0.0934. The summed E-state index contributed by atoms with van der Waals surface area (Å²) < 4.78 is 0. The molecule has 0 aliphatic heterocycles. The Morgan fingerprint density at radius 3 is 2.85 bits per heavy atom. The molecule has 1 aliphatic rings. The first-order valence-electron chi connectivity index (χ1n) is 7.06. The van der Waals surface area contributed by atoms with Gasteiger partial charge in [-0.05, 0) is 50.4 Å². The predicted octanol–water partition coefficient (Wildman–Crippen LogP) is 4.37. The number of hydrogen-bond acceptors (Lipinski definition) is 3. The van der Waals surface area contributed by atoms with Crippen molar-refractivity contribution in [3.8, 4) is 0 Å². The normalized spacial score (nSPS) is 26.1. The minimum atomic E-state index is -0.0934. The largest absolute Gasteiger partial charge is 0.394 e. The average Bonchev–Trinajstić information content (AvgIpc) is 2.85. The van der Waals surface area contributed by atoms with Crippen LogP contribution in [-0.2, 0) is 0 Å². The van der Waals surface area contributed by atoms with Gasteiger partial charge in [-0.25, -0.2) is 0 Å². The number of thioether (sulfide) groups is 1. The monoisotopic (exact) mass is 333 g/mol. The minimum Gasteiger partial charge on any atom is -0.394 e. The first kappa shape index (κ1) is 16.4. The highest BCUT2D eigenvalue weighted by molar-refractivity contribution is 8.00. The molecular weight excluding hydrogens is 313 g/mol. The molecule has 1 aromatic rings. The highest BCUT2D eigenvalue weighted by Crippen LogP contribution is 2.41. The molecule has 0 bridgehead atoms. The third-order valence-electron chi connectivity index (χ3n) is 3.81. The van der Waals surface area contributed by atoms with Gasteiger partial charge in [0.25, 0.3) is 0 Å². The number of hydrogen-bond donors (Lipinski definition) is 2. The molecule has 0 aromatic heterocycles. The van der Waals surface area contributed by atoms with Gasteiger partial charge in [-0.1, -0.05) is 30.1 Å². The van der Waals surface area contributed by atoms with Crippen molar-refractivity contribution in [2.45, 2.75) is 48.3 Å². The van der Waals surface area contributed by atoms with Crippen LogP contribution in [-0.4, -0.2) is 29.0 Å². The fourth-order valence-corrected chi connectivity index (χ4v) is 4.39. The molecule has 0 radical (unpaired) electrons. The van der Waals surface area contributed by atoms with E-state index in [9.17, 15) is 5.11 Å². The molecule has 1 saturated carbocycles. The second kappa shape index (κ2) is 7.37. The number of rotatable bonds is 6. The maximum absolute atomic E-state index is 9.70. The Kier molecular flexibility index (Phi) is 6.06. The number of benzene rings is 1. The second-order valence-electron chi connectivity index (χ2n) is 5.42. The number of halogens is 2. The lowest BCUT2D eigenvalue weighted by Gasteiger charge is -2.28. The highest BCUT2D eigenvalue weighted by atomic mass is 35.5. The molecule has 5 heteroatoms. The van der Waals surface area contributed by atoms with Crippen LogP contribution in [0.4, 0.5) is 0 Å². The molecule has 0 heterocycles. The Bertz CT molecular complexity index is 457. The van der Waals surface area contributed by atoms with Gasteiger partial charge in [0.2, 0.25) is 0 Å². The van der Waals surface area contributed by atoms with E-state index >= 15 is 0 Å². The van der Waals surface area contributed by atoms with Gasteiger partial charge in [-0.15, -0.1) is 11.8 Å². The molecule has 2 atom stereocenters. The topological polar surface area (TPSA) is 32.3 Å². The van der Waals surface area contributed by atoms with Crippen LogP contribution in [0.15, 0.2) is 23.1 Å². The molecule has 0 spiro atoms. The molecule has 0 saturated heterocycles. The van der Waals surface area contributed by atoms with Crippen LogP contribution in [0.3, 0.4) is 0 Å². The molecule has 2 N–H and O–H groups in total. The van der Waals surface area contributed by atoms with Crippen LogP contribution < -0.4 is 5.32 Å². The summed E-state index contributed by atoms with van der Waals surface area (Å²) in [5.74, 6) is 0. The smallest absolute Gasteiger partial charge is 0.0613 e. The summed E-state index contributed by atoms with van der Waals surface area (Å²) in [6.45, 7) is 3.32. The van der Waals surface area contributed by atoms with Crippen molar-refractivity contribution in [2.75, 3.05) is 13.2 Å². The van der Waals surface area contributed by atoms with E-state index in [1.165, 1.54) is 0 Å². The zero-order chi connectivity index (χ0) is 14.6. The van der Waals surface area contributed by atoms with Crippen molar-refractivity contribution in [3.05, 3.63) is 28.2 Å². The summed E-state index contributed by atoms with van der Waals surface area (Å²) in [4.78, 5) is 1.15. The van der Waals surface area contributed by atoms with Gasteiger partial charge >= 0.3 is 0 Å². The molecule has 20 heavy (non-hydrogen) atoms. The summed E-state index contributed by atoms with van der Waals surface area (Å²) in [5, 5.41) is 14.9. The van der Waals surface area contributed by atoms with Crippen LogP contribution in [0.5, 0.6) is 0 Å². The van der Waals surface area contributed by atoms with Gasteiger partial charge in [0.05, 0.1) is 16.7 Å². The maximum Gasteiger partial charge on any atom is 0.0613 e. The van der Waals surface area contributed by atoms with E-state index in [4.69, 9.17) is 23.2 Å². The van der Waals surface area contributed by atoms with Crippen LogP contribution in [0.1, 0.15) is 32.6 Å². The standard InChI is InChI=1S/C15H21Cl2NOS/c1-2-7-18-15(10-19)6-5-12(9-15)20-11-3-4-13(16)14(17)8-11/h3-4,8,12,18-19H,2,5-7,9-10H2,1H3. The fraction of sp³-hybridized carbons (Fsp3) is 0.600. The summed E-state index contributed by atoms with van der Waals surface area (Å²) in [5.41, 5.74) is -0.0934. The van der Waals surface area contributed by atoms with Gasteiger partial charge in [0, 0.05) is 15.7 Å². The average molecular weight is 334 g/mol. The lowest BCUT2D eigenvalue weighted by molar-refractivity contribution is 0.165. The van der Waals surface area contributed by atoms with Gasteiger partial charge in [-0.2, -0.15) is 0 Å². The summed E-state index contributed by atoms with van der Waals surface area (Å²) >= 11 is 13.8. The van der Waals surface area contributed by atoms with Crippen LogP contribution in [0.2, 0.25) is 10.0 Å². The Morgan fingerprint density at radius 1 is 1.40 bits per heavy atom. The van der Waals surface area contributed by atoms with E-state index in [1.54, 1.807) is 0 Å². The predicted molar refractivity (Wildman–Crippen MR) is 88.1 cm³/mol. The van der Waals surface area contributed by atoms with Crippen molar-refractivity contribution in [3.63, 3.8) is 0 Å². The van der Waals surface area contributed by atoms with Gasteiger partial charge in [-0.3, -0.25) is 0 Å². The maximum atomic E-state index is 9.70. The Labute approximate surface area is 135 Å². The van der Waals surface area contributed by atoms with Gasteiger partial charge < -0.3 is 10.4 Å². The summed E-state index contributed by atoms with van der Waals surface area (Å²) in [6, 6.07) is 5.78. The molecule has 0 amide bonds. The van der Waals surface area contributed by atoms with Crippen molar-refractivity contribution >= 4 is 35.0 Å². The molecule has 1 aromatic carbocycles. The summed E-state index contributed by atoms with van der Waals surface area (Å²) in [7, 11) is 0. The SMILES string of the molecule is CCCNC1(CO)CCC(Sc2ccc(Cl)c(Cl)c2)C1. The molecule has 2 nitrogen and oxygen atoms in total. The molecule has 2 rings (SSSR count). The van der Waals surface area contributed by atoms with Crippen molar-refractivity contribution in [1.29, 1.82) is 0 Å². The molecule has 1 aliphatic carbocycles. The Morgan fingerprint density at radius 2 is 2.20 bits per heavy atom. The van der Waals surface area contributed by atoms with Crippen LogP contribution >= 0.6 is 35.0 Å². The van der Waals surface area contributed by atoms with Gasteiger partial charge in [0.1, 0.15) is 0 Å². The number of aliphatic hydroxyl groups is 1. The van der Waals surface area contributed by atoms with Crippen molar-refractivity contribution in [1.82, 2.24) is 5.32 Å². The van der Waals surface area contributed by atoms with E-state index in [0.717, 1.165) is 37.1 Å². The first-order chi connectivity index (χ1) is 9.58. The van der Waals surface area contributed by atoms with E-state index in [0.29, 0.717) is 15.3 Å². The number of aliphatic hydroxyl groups excluding tert-OH is 1. The zero-order valence-corrected chi connectivity index (χ0v) is 14.0. The number of nitrogens with one attached hydrogen (secondary N) is 1. The first-order valence-corrected chi connectivity index (χ1v) is 8.70. The molecular formula is C15H21Cl2NOS. The van der Waals surface area contributed by atoms with E-state index in [-0.39, 0.29) is 12.1 Å². The fourth-order valence-electron chi connectivity index (χ4n) is 2.67. The Hall–Kier alpha value is 0.0700. The Balaban J connectivity index is 1.96. The van der Waals surface area contributed by atoms with E-state index in [2.05, 4.69) is 12.2 Å². The van der Waals surface area contributed by atoms with E-state index in [1.807, 2.05) is 30.0 Å². The van der Waals surface area contributed by atoms with Gasteiger partial charge in [0.15, 0.2) is 0 Å². The van der Waals surface area contributed by atoms with Crippen LogP contribution in [0, 0.1) is 0 Å². The zero-order valence-electron chi connectivity index (χ0n) is 11.7. The lowest BCUT2D eigenvalue weighted by atomic mass is 9.99. The third kappa shape index (κ3) is 4.05. The van der Waals surface area contributed by atoms with Crippen molar-refractivity contribution < 1.29 is 5.11 Å². The molecule has 1 fully saturated rings. The summed E-state index contributed by atoms with van der Waals surface area (Å²) in [6.07, 6.45) is 4.23. The molecule has 2 unspecified atom stereocenters. The van der Waals surface area contributed by atoms with E-state index < -0.39 is 0 Å². The lowest BCUT2D eigenvalue weighted by Crippen LogP contribution is -2.46. The molecule has 112 valence electrons. The van der Waals surface area contributed by atoms with Crippen molar-refractivity contribution in [2.24, 2.45) is 0 Å². The third-order valence-corrected chi connectivity index (χ3v) is 5.81.